The van der Waals surface area contributed by atoms with Gasteiger partial charge in [0.1, 0.15) is 19.0 Å². The van der Waals surface area contributed by atoms with Gasteiger partial charge in [0.05, 0.1) is 36.4 Å². The molecule has 1 aromatic carbocycles. The highest BCUT2D eigenvalue weighted by molar-refractivity contribution is 5.77. The van der Waals surface area contributed by atoms with Gasteiger partial charge in [-0.15, -0.1) is 0 Å². The van der Waals surface area contributed by atoms with Crippen LogP contribution in [0.3, 0.4) is 0 Å². The van der Waals surface area contributed by atoms with Gasteiger partial charge >= 0.3 is 0 Å². The summed E-state index contributed by atoms with van der Waals surface area (Å²) >= 11 is 0. The second-order valence-corrected chi connectivity index (χ2v) is 7.65. The Bertz CT molecular complexity index is 818. The molecule has 28 heavy (non-hydrogen) atoms. The lowest BCUT2D eigenvalue weighted by molar-refractivity contribution is -0.127. The van der Waals surface area contributed by atoms with Crippen LogP contribution in [0, 0.1) is 6.92 Å². The fourth-order valence-corrected chi connectivity index (χ4v) is 4.16. The zero-order chi connectivity index (χ0) is 19.5. The van der Waals surface area contributed by atoms with Gasteiger partial charge in [-0.1, -0.05) is 6.07 Å². The smallest absolute Gasteiger partial charge is 0.246 e. The van der Waals surface area contributed by atoms with Gasteiger partial charge in [0.15, 0.2) is 0 Å². The van der Waals surface area contributed by atoms with E-state index >= 15 is 0 Å². The lowest BCUT2D eigenvalue weighted by Crippen LogP contribution is -2.51. The van der Waals surface area contributed by atoms with Gasteiger partial charge in [-0.25, -0.2) is 4.98 Å². The van der Waals surface area contributed by atoms with E-state index in [2.05, 4.69) is 20.2 Å². The van der Waals surface area contributed by atoms with Crippen LogP contribution in [0.1, 0.15) is 24.2 Å². The largest absolute Gasteiger partial charge is 0.389 e. The van der Waals surface area contributed by atoms with Crippen molar-refractivity contribution in [2.24, 2.45) is 0 Å². The summed E-state index contributed by atoms with van der Waals surface area (Å²) in [5.41, 5.74) is 3.01. The van der Waals surface area contributed by atoms with Gasteiger partial charge < -0.3 is 24.9 Å². The zero-order valence-corrected chi connectivity index (χ0v) is 16.2. The summed E-state index contributed by atoms with van der Waals surface area (Å²) in [6.07, 6.45) is 1.10. The number of nitrogens with zero attached hydrogens (tertiary/aromatic N) is 2. The van der Waals surface area contributed by atoms with Crippen LogP contribution in [0.25, 0.3) is 11.0 Å². The molecule has 2 fully saturated rings. The maximum Gasteiger partial charge on any atom is 0.246 e. The van der Waals surface area contributed by atoms with Gasteiger partial charge in [-0.05, 0) is 37.5 Å². The van der Waals surface area contributed by atoms with Crippen LogP contribution < -0.4 is 5.32 Å². The number of carbonyl (C=O) groups excluding carboxylic acids is 1. The van der Waals surface area contributed by atoms with Gasteiger partial charge in [-0.2, -0.15) is 0 Å². The number of H-pyrrole nitrogens is 1. The van der Waals surface area contributed by atoms with E-state index < -0.39 is 6.10 Å². The first kappa shape index (κ1) is 19.3. The van der Waals surface area contributed by atoms with Crippen molar-refractivity contribution in [3.63, 3.8) is 0 Å². The summed E-state index contributed by atoms with van der Waals surface area (Å²) in [6.45, 7) is 5.30. The second-order valence-electron chi connectivity index (χ2n) is 7.65. The number of carbonyl (C=O) groups is 1. The lowest BCUT2D eigenvalue weighted by Gasteiger charge is -2.34. The summed E-state index contributed by atoms with van der Waals surface area (Å²) in [7, 11) is 0. The second kappa shape index (κ2) is 8.57. The molecule has 1 aliphatic heterocycles. The van der Waals surface area contributed by atoms with Crippen LogP contribution in [-0.4, -0.2) is 77.0 Å². The fourth-order valence-electron chi connectivity index (χ4n) is 4.16. The van der Waals surface area contributed by atoms with E-state index in [1.165, 1.54) is 0 Å². The first-order valence-corrected chi connectivity index (χ1v) is 9.92. The Morgan fingerprint density at radius 1 is 1.39 bits per heavy atom. The van der Waals surface area contributed by atoms with E-state index in [4.69, 9.17) is 9.47 Å². The van der Waals surface area contributed by atoms with Crippen molar-refractivity contribution in [3.8, 4) is 0 Å². The summed E-state index contributed by atoms with van der Waals surface area (Å²) < 4.78 is 10.9. The molecule has 1 aromatic heterocycles. The number of ether oxygens (including phenoxy) is 2. The van der Waals surface area contributed by atoms with E-state index in [1.54, 1.807) is 0 Å². The van der Waals surface area contributed by atoms with Gasteiger partial charge in [0.2, 0.25) is 5.91 Å². The van der Waals surface area contributed by atoms with Crippen LogP contribution in [0.15, 0.2) is 18.2 Å². The molecule has 1 saturated carbocycles. The number of amides is 1. The molecule has 0 bridgehead atoms. The quantitative estimate of drug-likeness (QED) is 0.675. The van der Waals surface area contributed by atoms with Crippen molar-refractivity contribution >= 4 is 16.9 Å². The van der Waals surface area contributed by atoms with Crippen molar-refractivity contribution in [2.75, 3.05) is 32.9 Å². The molecule has 1 saturated heterocycles. The van der Waals surface area contributed by atoms with Crippen LogP contribution in [0.4, 0.5) is 0 Å². The van der Waals surface area contributed by atoms with Crippen molar-refractivity contribution in [1.29, 1.82) is 0 Å². The molecule has 0 spiro atoms. The first-order chi connectivity index (χ1) is 13.6. The normalized spacial score (nSPS) is 26.0. The minimum atomic E-state index is -0.555. The average molecular weight is 388 g/mol. The summed E-state index contributed by atoms with van der Waals surface area (Å²) in [4.78, 5) is 22.2. The molecule has 3 N–H and O–H groups in total. The Balaban J connectivity index is 1.23. The number of morpholine rings is 1. The molecule has 152 valence electrons. The standard InChI is InChI=1S/C20H28N4O4/c1-13-2-3-14-16(10-13)22-18(21-14)11-28-12-19(25)23-15-4-5-17(20(15)26)24-6-8-27-9-7-24/h2-3,10,15,17,20,26H,4-9,11-12H2,1H3,(H,21,22)(H,23,25)/t15-,17-,20-/m1/s1. The predicted octanol–water partition coefficient (Wildman–Crippen LogP) is 0.728. The molecule has 4 rings (SSSR count). The number of aliphatic hydroxyl groups excluding tert-OH is 1. The van der Waals surface area contributed by atoms with E-state index in [0.29, 0.717) is 19.0 Å². The number of hydrogen-bond acceptors (Lipinski definition) is 6. The zero-order valence-electron chi connectivity index (χ0n) is 16.2. The summed E-state index contributed by atoms with van der Waals surface area (Å²) in [6, 6.07) is 5.87. The van der Waals surface area contributed by atoms with Crippen LogP contribution in [0.2, 0.25) is 0 Å². The number of rotatable bonds is 6. The van der Waals surface area contributed by atoms with Crippen LogP contribution >= 0.6 is 0 Å². The average Bonchev–Trinajstić information content (AvgIpc) is 3.25. The van der Waals surface area contributed by atoms with Crippen LogP contribution in [-0.2, 0) is 20.9 Å². The first-order valence-electron chi connectivity index (χ1n) is 9.92. The number of aromatic amines is 1. The maximum absolute atomic E-state index is 12.2. The number of fused-ring (bicyclic) bond motifs is 1. The highest BCUT2D eigenvalue weighted by Gasteiger charge is 2.39. The SMILES string of the molecule is Cc1ccc2nc(COCC(=O)N[C@@H]3CC[C@@H](N4CCOCC4)[C@@H]3O)[nH]c2c1. The summed E-state index contributed by atoms with van der Waals surface area (Å²) in [5.74, 6) is 0.486. The van der Waals surface area contributed by atoms with E-state index in [9.17, 15) is 9.90 Å². The monoisotopic (exact) mass is 388 g/mol. The van der Waals surface area contributed by atoms with Crippen molar-refractivity contribution in [1.82, 2.24) is 20.2 Å². The predicted molar refractivity (Wildman–Crippen MR) is 104 cm³/mol. The number of aryl methyl sites for hydroxylation is 1. The Labute approximate surface area is 164 Å². The Morgan fingerprint density at radius 3 is 3.04 bits per heavy atom. The highest BCUT2D eigenvalue weighted by atomic mass is 16.5. The Hall–Kier alpha value is -2.00. The number of hydrogen-bond donors (Lipinski definition) is 3. The molecule has 0 radical (unpaired) electrons. The molecule has 2 aliphatic rings. The lowest BCUT2D eigenvalue weighted by atomic mass is 10.1. The molecule has 1 aliphatic carbocycles. The number of benzene rings is 1. The fraction of sp³-hybridized carbons (Fsp3) is 0.600. The van der Waals surface area contributed by atoms with Crippen LogP contribution in [0.5, 0.6) is 0 Å². The molecule has 3 atom stereocenters. The molecule has 8 heteroatoms. The van der Waals surface area contributed by atoms with E-state index in [1.807, 2.05) is 25.1 Å². The van der Waals surface area contributed by atoms with Crippen molar-refractivity contribution in [3.05, 3.63) is 29.6 Å². The third-order valence-corrected chi connectivity index (χ3v) is 5.60. The minimum absolute atomic E-state index is 0.0541. The van der Waals surface area contributed by atoms with Gasteiger partial charge in [0, 0.05) is 19.1 Å². The van der Waals surface area contributed by atoms with E-state index in [0.717, 1.165) is 42.5 Å². The van der Waals surface area contributed by atoms with Gasteiger partial charge in [-0.3, -0.25) is 9.69 Å². The third-order valence-electron chi connectivity index (χ3n) is 5.60. The van der Waals surface area contributed by atoms with Crippen molar-refractivity contribution < 1.29 is 19.4 Å². The third kappa shape index (κ3) is 4.35. The van der Waals surface area contributed by atoms with Gasteiger partial charge in [0.25, 0.3) is 0 Å². The number of aromatic nitrogens is 2. The minimum Gasteiger partial charge on any atom is -0.389 e. The molecular weight excluding hydrogens is 360 g/mol. The number of aliphatic hydroxyl groups is 1. The molecule has 2 heterocycles. The molecular formula is C20H28N4O4. The van der Waals surface area contributed by atoms with E-state index in [-0.39, 0.29) is 31.2 Å². The summed E-state index contributed by atoms with van der Waals surface area (Å²) in [5, 5.41) is 13.5. The highest BCUT2D eigenvalue weighted by Crippen LogP contribution is 2.25. The van der Waals surface area contributed by atoms with Crippen molar-refractivity contribution in [2.45, 2.75) is 44.6 Å². The Kier molecular flexibility index (Phi) is 5.91. The molecule has 0 unspecified atom stereocenters. The molecule has 2 aromatic rings. The molecule has 1 amide bonds. The maximum atomic E-state index is 12.2. The molecule has 8 nitrogen and oxygen atoms in total. The Morgan fingerprint density at radius 2 is 2.21 bits per heavy atom. The topological polar surface area (TPSA) is 99.7 Å². The number of nitrogens with one attached hydrogen (secondary N) is 2. The number of imidazole rings is 1.